The van der Waals surface area contributed by atoms with Gasteiger partial charge in [-0.3, -0.25) is 9.36 Å². The fraction of sp³-hybridized carbons (Fsp3) is 0.800. The van der Waals surface area contributed by atoms with Crippen LogP contribution in [0.2, 0.25) is 0 Å². The van der Waals surface area contributed by atoms with Crippen LogP contribution in [0.25, 0.3) is 0 Å². The maximum atomic E-state index is 10.5. The van der Waals surface area contributed by atoms with Gasteiger partial charge in [0.25, 0.3) is 0 Å². The number of nitrogens with two attached hydrogens (primary N) is 1. The molecule has 0 radical (unpaired) electrons. The first-order valence-corrected chi connectivity index (χ1v) is 4.97. The molecule has 0 aromatic heterocycles. The molecule has 7 heteroatoms. The largest absolute Gasteiger partial charge is 0.480 e. The van der Waals surface area contributed by atoms with Crippen molar-refractivity contribution in [3.05, 3.63) is 0 Å². The number of carboxylic acids is 1. The van der Waals surface area contributed by atoms with Crippen LogP contribution in [-0.4, -0.2) is 32.6 Å². The summed E-state index contributed by atoms with van der Waals surface area (Å²) in [6.45, 7) is 1.27. The van der Waals surface area contributed by atoms with Crippen molar-refractivity contribution in [2.45, 2.75) is 25.0 Å². The Hall–Kier alpha value is -0.420. The number of carboxylic acid groups (broad SMARTS) is 1. The predicted molar refractivity (Wildman–Crippen MR) is 41.7 cm³/mol. The van der Waals surface area contributed by atoms with Gasteiger partial charge >= 0.3 is 13.6 Å². The van der Waals surface area contributed by atoms with Crippen LogP contribution >= 0.6 is 7.60 Å². The summed E-state index contributed by atoms with van der Waals surface area (Å²) in [4.78, 5) is 27.3. The third kappa shape index (κ3) is 3.82. The Balaban J connectivity index is 4.11. The van der Waals surface area contributed by atoms with E-state index in [2.05, 4.69) is 0 Å². The molecule has 0 aliphatic heterocycles. The van der Waals surface area contributed by atoms with Crippen molar-refractivity contribution in [3.63, 3.8) is 0 Å². The fourth-order valence-corrected chi connectivity index (χ4v) is 1.11. The van der Waals surface area contributed by atoms with Gasteiger partial charge in [-0.15, -0.1) is 0 Å². The lowest BCUT2D eigenvalue weighted by molar-refractivity contribution is -0.138. The smallest absolute Gasteiger partial charge is 0.328 e. The molecule has 0 aliphatic carbocycles. The van der Waals surface area contributed by atoms with Gasteiger partial charge in [-0.05, 0) is 6.42 Å². The Morgan fingerprint density at radius 3 is 2.25 bits per heavy atom. The number of hydrogen-bond acceptors (Lipinski definition) is 3. The highest BCUT2D eigenvalue weighted by Crippen LogP contribution is 2.42. The SMILES string of the molecule is CC(CC(N)C(=O)O)P(=O)(O)O. The van der Waals surface area contributed by atoms with E-state index in [4.69, 9.17) is 20.6 Å². The molecule has 0 aromatic rings. The predicted octanol–water partition coefficient (Wildman–Crippen LogP) is -0.645. The van der Waals surface area contributed by atoms with Crippen LogP contribution in [0.4, 0.5) is 0 Å². The molecule has 12 heavy (non-hydrogen) atoms. The summed E-state index contributed by atoms with van der Waals surface area (Å²) in [6.07, 6.45) is -0.223. The van der Waals surface area contributed by atoms with Gasteiger partial charge in [0.1, 0.15) is 6.04 Å². The molecule has 0 amide bonds. The van der Waals surface area contributed by atoms with Crippen LogP contribution in [-0.2, 0) is 9.36 Å². The summed E-state index contributed by atoms with van der Waals surface area (Å²) in [5, 5.41) is 8.32. The van der Waals surface area contributed by atoms with Gasteiger partial charge in [0.2, 0.25) is 0 Å². The maximum Gasteiger partial charge on any atom is 0.328 e. The van der Waals surface area contributed by atoms with Gasteiger partial charge in [-0.2, -0.15) is 0 Å². The number of hydrogen-bond donors (Lipinski definition) is 4. The van der Waals surface area contributed by atoms with Crippen molar-refractivity contribution in [1.29, 1.82) is 0 Å². The van der Waals surface area contributed by atoms with E-state index in [1.54, 1.807) is 0 Å². The zero-order valence-electron chi connectivity index (χ0n) is 6.54. The van der Waals surface area contributed by atoms with E-state index in [0.29, 0.717) is 0 Å². The van der Waals surface area contributed by atoms with Crippen LogP contribution in [0, 0.1) is 0 Å². The molecule has 0 aliphatic rings. The zero-order chi connectivity index (χ0) is 9.94. The molecule has 0 saturated carbocycles. The number of rotatable bonds is 4. The summed E-state index contributed by atoms with van der Waals surface area (Å²) in [6, 6.07) is -1.22. The molecular weight excluding hydrogens is 185 g/mol. The van der Waals surface area contributed by atoms with E-state index < -0.39 is 25.3 Å². The van der Waals surface area contributed by atoms with Gasteiger partial charge in [0.05, 0.1) is 5.66 Å². The topological polar surface area (TPSA) is 121 Å². The summed E-state index contributed by atoms with van der Waals surface area (Å²) >= 11 is 0. The normalized spacial score (nSPS) is 17.0. The highest BCUT2D eigenvalue weighted by Gasteiger charge is 2.27. The van der Waals surface area contributed by atoms with Crippen molar-refractivity contribution < 1.29 is 24.3 Å². The second-order valence-corrected chi connectivity index (χ2v) is 4.68. The third-order valence-corrected chi connectivity index (χ3v) is 2.85. The van der Waals surface area contributed by atoms with E-state index in [9.17, 15) is 9.36 Å². The highest BCUT2D eigenvalue weighted by atomic mass is 31.2. The van der Waals surface area contributed by atoms with Crippen molar-refractivity contribution in [1.82, 2.24) is 0 Å². The van der Waals surface area contributed by atoms with E-state index >= 15 is 0 Å². The molecule has 2 atom stereocenters. The van der Waals surface area contributed by atoms with Crippen LogP contribution in [0.1, 0.15) is 13.3 Å². The summed E-state index contributed by atoms with van der Waals surface area (Å²) in [5.74, 6) is -1.25. The lowest BCUT2D eigenvalue weighted by Crippen LogP contribution is -2.33. The molecule has 0 fully saturated rings. The molecule has 0 rings (SSSR count). The van der Waals surface area contributed by atoms with Crippen molar-refractivity contribution in [2.24, 2.45) is 5.73 Å². The van der Waals surface area contributed by atoms with E-state index in [1.807, 2.05) is 0 Å². The summed E-state index contributed by atoms with van der Waals surface area (Å²) in [5.41, 5.74) is 4.06. The Kier molecular flexibility index (Phi) is 3.86. The van der Waals surface area contributed by atoms with Gasteiger partial charge in [-0.1, -0.05) is 6.92 Å². The zero-order valence-corrected chi connectivity index (χ0v) is 7.44. The molecule has 0 aromatic carbocycles. The van der Waals surface area contributed by atoms with E-state index in [-0.39, 0.29) is 6.42 Å². The van der Waals surface area contributed by atoms with Gasteiger partial charge in [0.15, 0.2) is 0 Å². The Morgan fingerprint density at radius 2 is 2.00 bits per heavy atom. The van der Waals surface area contributed by atoms with Crippen molar-refractivity contribution in [2.75, 3.05) is 0 Å². The molecule has 72 valence electrons. The standard InChI is InChI=1S/C5H12NO5P/c1-3(12(9,10)11)2-4(6)5(7)8/h3-4H,2,6H2,1H3,(H,7,8)(H2,9,10,11). The first-order valence-electron chi connectivity index (χ1n) is 3.28. The first-order chi connectivity index (χ1) is 5.25. The average Bonchev–Trinajstić information content (AvgIpc) is 1.85. The molecular formula is C5H12NO5P. The minimum Gasteiger partial charge on any atom is -0.480 e. The highest BCUT2D eigenvalue weighted by molar-refractivity contribution is 7.52. The molecule has 6 nitrogen and oxygen atoms in total. The van der Waals surface area contributed by atoms with Crippen LogP contribution < -0.4 is 5.73 Å². The Morgan fingerprint density at radius 1 is 1.58 bits per heavy atom. The monoisotopic (exact) mass is 197 g/mol. The van der Waals surface area contributed by atoms with E-state index in [0.717, 1.165) is 0 Å². The molecule has 0 spiro atoms. The first kappa shape index (κ1) is 11.6. The minimum absolute atomic E-state index is 0.223. The lowest BCUT2D eigenvalue weighted by atomic mass is 10.2. The lowest BCUT2D eigenvalue weighted by Gasteiger charge is -2.14. The quantitative estimate of drug-likeness (QED) is 0.444. The third-order valence-electron chi connectivity index (χ3n) is 1.49. The van der Waals surface area contributed by atoms with Gasteiger partial charge < -0.3 is 20.6 Å². The molecule has 2 unspecified atom stereocenters. The minimum atomic E-state index is -4.19. The second-order valence-electron chi connectivity index (χ2n) is 2.62. The Labute approximate surface area is 69.5 Å². The second kappa shape index (κ2) is 4.00. The van der Waals surface area contributed by atoms with Gasteiger partial charge in [0, 0.05) is 0 Å². The van der Waals surface area contributed by atoms with Crippen LogP contribution in [0.3, 0.4) is 0 Å². The van der Waals surface area contributed by atoms with Gasteiger partial charge in [-0.25, -0.2) is 0 Å². The fourth-order valence-electron chi connectivity index (χ4n) is 0.606. The molecule has 0 bridgehead atoms. The van der Waals surface area contributed by atoms with E-state index in [1.165, 1.54) is 6.92 Å². The van der Waals surface area contributed by atoms with Crippen LogP contribution in [0.15, 0.2) is 0 Å². The maximum absolute atomic E-state index is 10.5. The number of carbonyl (C=O) groups is 1. The number of aliphatic carboxylic acids is 1. The average molecular weight is 197 g/mol. The molecule has 5 N–H and O–H groups in total. The van der Waals surface area contributed by atoms with Crippen molar-refractivity contribution in [3.8, 4) is 0 Å². The van der Waals surface area contributed by atoms with Crippen molar-refractivity contribution >= 4 is 13.6 Å². The molecule has 0 heterocycles. The summed E-state index contributed by atoms with van der Waals surface area (Å²) in [7, 11) is -4.19. The summed E-state index contributed by atoms with van der Waals surface area (Å²) < 4.78 is 10.5. The van der Waals surface area contributed by atoms with Crippen LogP contribution in [0.5, 0.6) is 0 Å². The molecule has 0 saturated heterocycles. The Bertz CT molecular complexity index is 212.